The summed E-state index contributed by atoms with van der Waals surface area (Å²) in [6, 6.07) is 0. The van der Waals surface area contributed by atoms with Crippen molar-refractivity contribution in [2.24, 2.45) is 0 Å². The maximum absolute atomic E-state index is 10.3. The van der Waals surface area contributed by atoms with Crippen LogP contribution in [0.25, 0.3) is 0 Å². The minimum absolute atomic E-state index is 0.109. The van der Waals surface area contributed by atoms with E-state index in [0.717, 1.165) is 5.57 Å². The molecule has 0 aromatic carbocycles. The Morgan fingerprint density at radius 2 is 2.57 bits per heavy atom. The van der Waals surface area contributed by atoms with Crippen LogP contribution in [0.2, 0.25) is 0 Å². The minimum atomic E-state index is 0.109. The van der Waals surface area contributed by atoms with Gasteiger partial charge in [0.15, 0.2) is 0 Å². The largest absolute Gasteiger partial charge is 0.332 e. The minimum Gasteiger partial charge on any atom is -0.332 e. The molecule has 0 aliphatic carbocycles. The number of rotatable bonds is 0. The molecule has 2 nitrogen and oxygen atoms in total. The van der Waals surface area contributed by atoms with Crippen LogP contribution in [0, 0.1) is 0 Å². The Hall–Kier alpha value is -0.790. The molecule has 0 aromatic heterocycles. The fraction of sp³-hybridized carbons (Fsp3) is 0.400. The number of carbonyl (C=O) groups is 1. The van der Waals surface area contributed by atoms with E-state index in [4.69, 9.17) is 0 Å². The molecule has 1 N–H and O–H groups in total. The van der Waals surface area contributed by atoms with Gasteiger partial charge in [-0.3, -0.25) is 4.79 Å². The molecule has 38 valence electrons. The average Bonchev–Trinajstić information content (AvgIpc) is 1.87. The molecule has 0 spiro atoms. The molecule has 1 aliphatic heterocycles. The van der Waals surface area contributed by atoms with E-state index in [1.807, 2.05) is 6.92 Å². The molecule has 0 unspecified atom stereocenters. The van der Waals surface area contributed by atoms with Crippen LogP contribution in [0.1, 0.15) is 13.3 Å². The molecule has 2 heteroatoms. The summed E-state index contributed by atoms with van der Waals surface area (Å²) in [4.78, 5) is 10.3. The van der Waals surface area contributed by atoms with E-state index in [1.54, 1.807) is 6.20 Å². The molecule has 0 fully saturated rings. The molecule has 0 saturated carbocycles. The summed E-state index contributed by atoms with van der Waals surface area (Å²) < 4.78 is 0. The van der Waals surface area contributed by atoms with Crippen molar-refractivity contribution in [1.82, 2.24) is 5.32 Å². The van der Waals surface area contributed by atoms with Crippen molar-refractivity contribution in [3.63, 3.8) is 0 Å². The van der Waals surface area contributed by atoms with E-state index >= 15 is 0 Å². The summed E-state index contributed by atoms with van der Waals surface area (Å²) in [5.74, 6) is 0.109. The first-order valence-electron chi connectivity index (χ1n) is 2.24. The summed E-state index contributed by atoms with van der Waals surface area (Å²) in [6.07, 6.45) is 2.32. The van der Waals surface area contributed by atoms with Crippen LogP contribution in [0.5, 0.6) is 0 Å². The predicted molar refractivity (Wildman–Crippen MR) is 26.5 cm³/mol. The topological polar surface area (TPSA) is 29.1 Å². The highest BCUT2D eigenvalue weighted by molar-refractivity contribution is 5.82. The van der Waals surface area contributed by atoms with Crippen LogP contribution in [0.15, 0.2) is 11.8 Å². The molecule has 0 bridgehead atoms. The summed E-state index contributed by atoms with van der Waals surface area (Å²) in [7, 11) is 0. The third-order valence-electron chi connectivity index (χ3n) is 0.919. The highest BCUT2D eigenvalue weighted by atomic mass is 16.1. The molecule has 1 heterocycles. The van der Waals surface area contributed by atoms with Crippen molar-refractivity contribution in [1.29, 1.82) is 0 Å². The Bertz CT molecular complexity index is 126. The summed E-state index contributed by atoms with van der Waals surface area (Å²) in [6.45, 7) is 1.93. The number of carbonyl (C=O) groups excluding carboxylic acids is 1. The Morgan fingerprint density at radius 1 is 1.86 bits per heavy atom. The van der Waals surface area contributed by atoms with Gasteiger partial charge < -0.3 is 5.32 Å². The first kappa shape index (κ1) is 4.37. The molecular weight excluding hydrogens is 90.1 g/mol. The number of nitrogens with one attached hydrogen (secondary N) is 1. The lowest BCUT2D eigenvalue weighted by molar-refractivity contribution is -0.118. The maximum Gasteiger partial charge on any atom is 0.228 e. The van der Waals surface area contributed by atoms with Crippen molar-refractivity contribution in [3.05, 3.63) is 11.8 Å². The van der Waals surface area contributed by atoms with Crippen molar-refractivity contribution in [2.45, 2.75) is 13.3 Å². The summed E-state index contributed by atoms with van der Waals surface area (Å²) in [5.41, 5.74) is 1.12. The van der Waals surface area contributed by atoms with E-state index in [2.05, 4.69) is 5.32 Å². The van der Waals surface area contributed by atoms with Gasteiger partial charge in [0.1, 0.15) is 0 Å². The fourth-order valence-corrected chi connectivity index (χ4v) is 0.559. The van der Waals surface area contributed by atoms with Gasteiger partial charge in [-0.15, -0.1) is 0 Å². The smallest absolute Gasteiger partial charge is 0.228 e. The van der Waals surface area contributed by atoms with Crippen LogP contribution < -0.4 is 5.32 Å². The standard InChI is InChI=1S/C5H7NO/c1-4-2-5(7)6-3-4/h3H,2H2,1H3,(H,6,7). The molecule has 1 aliphatic rings. The molecular formula is C5H7NO. The molecule has 0 saturated heterocycles. The predicted octanol–water partition coefficient (Wildman–Crippen LogP) is 0.410. The Morgan fingerprint density at radius 3 is 2.71 bits per heavy atom. The van der Waals surface area contributed by atoms with Gasteiger partial charge in [0, 0.05) is 12.6 Å². The number of hydrogen-bond donors (Lipinski definition) is 1. The molecule has 0 aromatic rings. The van der Waals surface area contributed by atoms with Crippen molar-refractivity contribution in [2.75, 3.05) is 0 Å². The van der Waals surface area contributed by atoms with Crippen LogP contribution in [0.3, 0.4) is 0 Å². The average molecular weight is 97.1 g/mol. The summed E-state index contributed by atoms with van der Waals surface area (Å²) in [5, 5.41) is 2.57. The fourth-order valence-electron chi connectivity index (χ4n) is 0.559. The molecule has 7 heavy (non-hydrogen) atoms. The van der Waals surface area contributed by atoms with Gasteiger partial charge in [-0.05, 0) is 12.5 Å². The molecule has 1 amide bonds. The molecule has 0 atom stereocenters. The van der Waals surface area contributed by atoms with E-state index in [-0.39, 0.29) is 5.91 Å². The van der Waals surface area contributed by atoms with Crippen molar-refractivity contribution < 1.29 is 4.79 Å². The number of amides is 1. The second-order valence-electron chi connectivity index (χ2n) is 1.73. The van der Waals surface area contributed by atoms with E-state index in [1.165, 1.54) is 0 Å². The first-order chi connectivity index (χ1) is 3.29. The molecule has 0 radical (unpaired) electrons. The normalized spacial score (nSPS) is 19.0. The monoisotopic (exact) mass is 97.1 g/mol. The summed E-state index contributed by atoms with van der Waals surface area (Å²) >= 11 is 0. The van der Waals surface area contributed by atoms with Crippen LogP contribution in [0.4, 0.5) is 0 Å². The van der Waals surface area contributed by atoms with Gasteiger partial charge in [0.2, 0.25) is 5.91 Å². The third-order valence-corrected chi connectivity index (χ3v) is 0.919. The zero-order valence-electron chi connectivity index (χ0n) is 4.19. The van der Waals surface area contributed by atoms with Crippen LogP contribution in [-0.2, 0) is 4.79 Å². The van der Waals surface area contributed by atoms with Crippen LogP contribution >= 0.6 is 0 Å². The van der Waals surface area contributed by atoms with Gasteiger partial charge in [-0.2, -0.15) is 0 Å². The van der Waals surface area contributed by atoms with Gasteiger partial charge in [-0.1, -0.05) is 0 Å². The Kier molecular flexibility index (Phi) is 0.855. The van der Waals surface area contributed by atoms with Gasteiger partial charge >= 0.3 is 0 Å². The lowest BCUT2D eigenvalue weighted by Crippen LogP contribution is -2.08. The Labute approximate surface area is 42.2 Å². The maximum atomic E-state index is 10.3. The van der Waals surface area contributed by atoms with E-state index in [9.17, 15) is 4.79 Å². The molecule has 1 rings (SSSR count). The lowest BCUT2D eigenvalue weighted by atomic mass is 10.3. The first-order valence-corrected chi connectivity index (χ1v) is 2.24. The zero-order valence-corrected chi connectivity index (χ0v) is 4.19. The van der Waals surface area contributed by atoms with Gasteiger partial charge in [-0.25, -0.2) is 0 Å². The van der Waals surface area contributed by atoms with E-state index in [0.29, 0.717) is 6.42 Å². The van der Waals surface area contributed by atoms with Crippen LogP contribution in [-0.4, -0.2) is 5.91 Å². The quantitative estimate of drug-likeness (QED) is 0.466. The second-order valence-corrected chi connectivity index (χ2v) is 1.73. The second kappa shape index (κ2) is 1.37. The zero-order chi connectivity index (χ0) is 5.28. The SMILES string of the molecule is CC1=CNC(=O)C1. The van der Waals surface area contributed by atoms with Gasteiger partial charge in [0.05, 0.1) is 0 Å². The van der Waals surface area contributed by atoms with E-state index < -0.39 is 0 Å². The highest BCUT2D eigenvalue weighted by Crippen LogP contribution is 2.02. The third kappa shape index (κ3) is 0.796. The van der Waals surface area contributed by atoms with Gasteiger partial charge in [0.25, 0.3) is 0 Å². The van der Waals surface area contributed by atoms with Crippen molar-refractivity contribution in [3.8, 4) is 0 Å². The Balaban J connectivity index is 2.58. The lowest BCUT2D eigenvalue weighted by Gasteiger charge is -1.80. The number of hydrogen-bond acceptors (Lipinski definition) is 1. The highest BCUT2D eigenvalue weighted by Gasteiger charge is 2.05. The van der Waals surface area contributed by atoms with Crippen molar-refractivity contribution >= 4 is 5.91 Å².